The lowest BCUT2D eigenvalue weighted by Crippen LogP contribution is -2.45. The Bertz CT molecular complexity index is 916. The number of amides is 1. The third-order valence-electron chi connectivity index (χ3n) is 3.82. The predicted octanol–water partition coefficient (Wildman–Crippen LogP) is 3.15. The van der Waals surface area contributed by atoms with Crippen LogP contribution in [0.4, 0.5) is 11.4 Å². The van der Waals surface area contributed by atoms with Crippen LogP contribution in [0.15, 0.2) is 42.5 Å². The van der Waals surface area contributed by atoms with Crippen LogP contribution in [0.2, 0.25) is 5.02 Å². The molecule has 0 spiro atoms. The van der Waals surface area contributed by atoms with Gasteiger partial charge in [-0.3, -0.25) is 9.10 Å². The molecule has 1 amide bonds. The molecule has 2 rings (SSSR count). The zero-order chi connectivity index (χ0) is 20.2. The fraction of sp³-hybridized carbons (Fsp3) is 0.278. The van der Waals surface area contributed by atoms with E-state index in [0.717, 1.165) is 10.6 Å². The highest BCUT2D eigenvalue weighted by molar-refractivity contribution is 7.92. The predicted molar refractivity (Wildman–Crippen MR) is 106 cm³/mol. The number of benzene rings is 2. The number of carbonyl (C=O) groups is 1. The summed E-state index contributed by atoms with van der Waals surface area (Å²) in [5.74, 6) is 0.319. The summed E-state index contributed by atoms with van der Waals surface area (Å²) in [7, 11) is -0.823. The first-order valence-electron chi connectivity index (χ1n) is 7.95. The van der Waals surface area contributed by atoms with Crippen LogP contribution < -0.4 is 19.1 Å². The summed E-state index contributed by atoms with van der Waals surface area (Å²) in [6.07, 6.45) is 1.04. The highest BCUT2D eigenvalue weighted by Gasteiger charge is 2.30. The van der Waals surface area contributed by atoms with Crippen LogP contribution in [0.25, 0.3) is 0 Å². The van der Waals surface area contributed by atoms with Gasteiger partial charge in [-0.15, -0.1) is 0 Å². The van der Waals surface area contributed by atoms with E-state index >= 15 is 0 Å². The summed E-state index contributed by atoms with van der Waals surface area (Å²) < 4.78 is 36.2. The van der Waals surface area contributed by atoms with Gasteiger partial charge in [-0.2, -0.15) is 0 Å². The van der Waals surface area contributed by atoms with Crippen LogP contribution in [0, 0.1) is 0 Å². The molecular formula is C18H21ClN2O5S. The molecule has 0 saturated heterocycles. The molecule has 2 aromatic rings. The van der Waals surface area contributed by atoms with Gasteiger partial charge in [-0.05, 0) is 43.3 Å². The number of halogens is 1. The first-order valence-corrected chi connectivity index (χ1v) is 10.2. The van der Waals surface area contributed by atoms with Crippen molar-refractivity contribution in [1.82, 2.24) is 0 Å². The average molecular weight is 413 g/mol. The van der Waals surface area contributed by atoms with Crippen molar-refractivity contribution in [2.24, 2.45) is 0 Å². The second kappa shape index (κ2) is 8.49. The van der Waals surface area contributed by atoms with Crippen LogP contribution >= 0.6 is 11.6 Å². The Morgan fingerprint density at radius 3 is 2.19 bits per heavy atom. The Morgan fingerprint density at radius 2 is 1.67 bits per heavy atom. The molecule has 0 radical (unpaired) electrons. The van der Waals surface area contributed by atoms with Gasteiger partial charge in [0.1, 0.15) is 6.04 Å². The Morgan fingerprint density at radius 1 is 1.07 bits per heavy atom. The van der Waals surface area contributed by atoms with Gasteiger partial charge < -0.3 is 14.8 Å². The summed E-state index contributed by atoms with van der Waals surface area (Å²) in [5, 5.41) is 3.21. The molecule has 146 valence electrons. The number of nitrogens with one attached hydrogen (secondary N) is 1. The normalized spacial score (nSPS) is 12.2. The van der Waals surface area contributed by atoms with Crippen molar-refractivity contribution in [1.29, 1.82) is 0 Å². The molecule has 0 unspecified atom stereocenters. The molecule has 0 aliphatic heterocycles. The van der Waals surface area contributed by atoms with Crippen molar-refractivity contribution in [2.75, 3.05) is 30.1 Å². The number of hydrogen-bond acceptors (Lipinski definition) is 5. The molecule has 1 atom stereocenters. The van der Waals surface area contributed by atoms with E-state index in [9.17, 15) is 13.2 Å². The van der Waals surface area contributed by atoms with Crippen molar-refractivity contribution in [2.45, 2.75) is 13.0 Å². The third-order valence-corrected chi connectivity index (χ3v) is 5.32. The summed E-state index contributed by atoms with van der Waals surface area (Å²) in [6, 6.07) is 10.2. The first-order chi connectivity index (χ1) is 12.7. The monoisotopic (exact) mass is 412 g/mol. The van der Waals surface area contributed by atoms with Crippen LogP contribution in [0.1, 0.15) is 6.92 Å². The number of rotatable bonds is 7. The maximum Gasteiger partial charge on any atom is 0.247 e. The fourth-order valence-electron chi connectivity index (χ4n) is 2.55. The molecule has 0 aromatic heterocycles. The van der Waals surface area contributed by atoms with Crippen molar-refractivity contribution in [3.8, 4) is 11.5 Å². The van der Waals surface area contributed by atoms with E-state index in [1.165, 1.54) is 27.2 Å². The minimum atomic E-state index is -3.75. The molecule has 2 aromatic carbocycles. The zero-order valence-corrected chi connectivity index (χ0v) is 17.0. The maximum absolute atomic E-state index is 12.6. The summed E-state index contributed by atoms with van der Waals surface area (Å²) >= 11 is 5.83. The minimum absolute atomic E-state index is 0.286. The van der Waals surface area contributed by atoms with Gasteiger partial charge in [-0.1, -0.05) is 11.6 Å². The molecule has 0 heterocycles. The Labute approximate surface area is 163 Å². The number of carbonyl (C=O) groups excluding carboxylic acids is 1. The number of hydrogen-bond donors (Lipinski definition) is 1. The van der Waals surface area contributed by atoms with Gasteiger partial charge >= 0.3 is 0 Å². The molecule has 0 fully saturated rings. The van der Waals surface area contributed by atoms with Crippen LogP contribution in [-0.4, -0.2) is 40.8 Å². The van der Waals surface area contributed by atoms with E-state index < -0.39 is 22.0 Å². The number of methoxy groups -OCH3 is 2. The topological polar surface area (TPSA) is 84.9 Å². The quantitative estimate of drug-likeness (QED) is 0.755. The Kier molecular flexibility index (Phi) is 6.56. The molecule has 27 heavy (non-hydrogen) atoms. The van der Waals surface area contributed by atoms with Crippen LogP contribution in [0.3, 0.4) is 0 Å². The second-order valence-electron chi connectivity index (χ2n) is 5.77. The molecule has 0 bridgehead atoms. The number of sulfonamides is 1. The summed E-state index contributed by atoms with van der Waals surface area (Å²) in [4.78, 5) is 12.6. The van der Waals surface area contributed by atoms with Gasteiger partial charge in [-0.25, -0.2) is 8.42 Å². The lowest BCUT2D eigenvalue weighted by atomic mass is 10.2. The first kappa shape index (κ1) is 20.9. The number of anilines is 2. The maximum atomic E-state index is 12.6. The number of nitrogens with zero attached hydrogens (tertiary/aromatic N) is 1. The van der Waals surface area contributed by atoms with E-state index in [1.54, 1.807) is 36.4 Å². The fourth-order valence-corrected chi connectivity index (χ4v) is 3.84. The SMILES string of the molecule is COc1ccc(N([C@@H](C)C(=O)Nc2ccc(Cl)cc2)S(C)(=O)=O)cc1OC. The highest BCUT2D eigenvalue weighted by atomic mass is 35.5. The van der Waals surface area contributed by atoms with Gasteiger partial charge in [0, 0.05) is 16.8 Å². The van der Waals surface area contributed by atoms with Crippen LogP contribution in [-0.2, 0) is 14.8 Å². The van der Waals surface area contributed by atoms with Crippen molar-refractivity contribution < 1.29 is 22.7 Å². The van der Waals surface area contributed by atoms with Crippen molar-refractivity contribution >= 4 is 38.9 Å². The smallest absolute Gasteiger partial charge is 0.247 e. The van der Waals surface area contributed by atoms with E-state index in [-0.39, 0.29) is 5.69 Å². The van der Waals surface area contributed by atoms with Crippen molar-refractivity contribution in [3.63, 3.8) is 0 Å². The average Bonchev–Trinajstić information content (AvgIpc) is 2.62. The van der Waals surface area contributed by atoms with E-state index in [0.29, 0.717) is 22.2 Å². The van der Waals surface area contributed by atoms with Crippen LogP contribution in [0.5, 0.6) is 11.5 Å². The Hall–Kier alpha value is -2.45. The van der Waals surface area contributed by atoms with Gasteiger partial charge in [0.05, 0.1) is 26.2 Å². The summed E-state index contributed by atoms with van der Waals surface area (Å²) in [5.41, 5.74) is 0.797. The standard InChI is InChI=1S/C18H21ClN2O5S/c1-12(18(22)20-14-7-5-13(19)6-8-14)21(27(4,23)24)15-9-10-16(25-2)17(11-15)26-3/h5-12H,1-4H3,(H,20,22)/t12-/m0/s1. The molecule has 7 nitrogen and oxygen atoms in total. The molecular weight excluding hydrogens is 392 g/mol. The van der Waals surface area contributed by atoms with E-state index in [1.807, 2.05) is 0 Å². The largest absolute Gasteiger partial charge is 0.493 e. The molecule has 0 saturated carbocycles. The molecule has 1 N–H and O–H groups in total. The number of ether oxygens (including phenoxy) is 2. The zero-order valence-electron chi connectivity index (χ0n) is 15.4. The highest BCUT2D eigenvalue weighted by Crippen LogP contribution is 2.33. The van der Waals surface area contributed by atoms with Crippen molar-refractivity contribution in [3.05, 3.63) is 47.5 Å². The lowest BCUT2D eigenvalue weighted by molar-refractivity contribution is -0.116. The second-order valence-corrected chi connectivity index (χ2v) is 8.07. The van der Waals surface area contributed by atoms with Gasteiger partial charge in [0.25, 0.3) is 0 Å². The molecule has 0 aliphatic rings. The minimum Gasteiger partial charge on any atom is -0.493 e. The van der Waals surface area contributed by atoms with E-state index in [4.69, 9.17) is 21.1 Å². The van der Waals surface area contributed by atoms with E-state index in [2.05, 4.69) is 5.32 Å². The van der Waals surface area contributed by atoms with Gasteiger partial charge in [0.15, 0.2) is 11.5 Å². The lowest BCUT2D eigenvalue weighted by Gasteiger charge is -2.28. The molecule has 9 heteroatoms. The third kappa shape index (κ3) is 5.05. The Balaban J connectivity index is 2.35. The molecule has 0 aliphatic carbocycles. The summed E-state index contributed by atoms with van der Waals surface area (Å²) in [6.45, 7) is 1.50. The van der Waals surface area contributed by atoms with Gasteiger partial charge in [0.2, 0.25) is 15.9 Å².